The Morgan fingerprint density at radius 3 is 1.83 bits per heavy atom. The van der Waals surface area contributed by atoms with Gasteiger partial charge in [0.05, 0.1) is 0 Å². The molecule has 0 spiro atoms. The molecule has 0 saturated heterocycles. The van der Waals surface area contributed by atoms with E-state index in [2.05, 4.69) is 158 Å². The Morgan fingerprint density at radius 2 is 1.17 bits per heavy atom. The van der Waals surface area contributed by atoms with E-state index in [1.165, 1.54) is 36.2 Å². The molecule has 0 aliphatic carbocycles. The average molecular weight is 560 g/mol. The molecule has 0 fully saturated rings. The third-order valence-electron chi connectivity index (χ3n) is 8.08. The number of nitrogens with zero attached hydrogens (tertiary/aromatic N) is 1. The van der Waals surface area contributed by atoms with Crippen LogP contribution in [0.15, 0.2) is 153 Å². The van der Waals surface area contributed by atoms with E-state index in [1.54, 1.807) is 0 Å². The molecule has 41 heavy (non-hydrogen) atoms. The summed E-state index contributed by atoms with van der Waals surface area (Å²) in [6, 6.07) is 51.2. The molecule has 6 aromatic rings. The second-order valence-electron chi connectivity index (χ2n) is 10.3. The van der Waals surface area contributed by atoms with Crippen molar-refractivity contribution in [1.29, 1.82) is 0 Å². The highest BCUT2D eigenvalue weighted by molar-refractivity contribution is 7.30. The Kier molecular flexibility index (Phi) is 6.39. The van der Waals surface area contributed by atoms with Gasteiger partial charge in [-0.05, 0) is 67.8 Å². The topological polar surface area (TPSA) is 3.24 Å². The fourth-order valence-electron chi connectivity index (χ4n) is 6.24. The standard InChI is InChI=1S/C38H29NSSi/c1-3-28-22-24-30(25-23-28)39(31-15-13-14-29(4-2)26-31)37-27-36-38(40-37)34-20-11-12-21-35(34)41(36,32-16-7-5-8-17-32)33-18-9-6-10-19-33/h3-27H,1-2H2. The number of rotatable bonds is 7. The highest BCUT2D eigenvalue weighted by Gasteiger charge is 2.50. The Hall–Kier alpha value is -4.70. The molecule has 1 aliphatic heterocycles. The van der Waals surface area contributed by atoms with Crippen molar-refractivity contribution in [3.05, 3.63) is 164 Å². The van der Waals surface area contributed by atoms with Gasteiger partial charge in [-0.2, -0.15) is 0 Å². The first-order chi connectivity index (χ1) is 20.2. The lowest BCUT2D eigenvalue weighted by Gasteiger charge is -2.31. The summed E-state index contributed by atoms with van der Waals surface area (Å²) in [7, 11) is -2.53. The SMILES string of the molecule is C=Cc1ccc(N(c2cccc(C=C)c2)c2cc3c(s2)-c2ccccc2[Si]3(c2ccccc2)c2ccccc2)cc1. The lowest BCUT2D eigenvalue weighted by atomic mass is 10.1. The summed E-state index contributed by atoms with van der Waals surface area (Å²) in [6.07, 6.45) is 3.80. The summed E-state index contributed by atoms with van der Waals surface area (Å²) < 4.78 is 0. The van der Waals surface area contributed by atoms with E-state index in [0.29, 0.717) is 0 Å². The minimum Gasteiger partial charge on any atom is -0.302 e. The number of hydrogen-bond acceptors (Lipinski definition) is 2. The van der Waals surface area contributed by atoms with E-state index in [9.17, 15) is 0 Å². The maximum atomic E-state index is 4.03. The number of thiophene rings is 1. The first-order valence-corrected chi connectivity index (χ1v) is 16.7. The maximum absolute atomic E-state index is 4.03. The molecule has 0 unspecified atom stereocenters. The van der Waals surface area contributed by atoms with Crippen molar-refractivity contribution in [3.63, 3.8) is 0 Å². The smallest absolute Gasteiger partial charge is 0.181 e. The lowest BCUT2D eigenvalue weighted by Crippen LogP contribution is -2.72. The van der Waals surface area contributed by atoms with Gasteiger partial charge >= 0.3 is 0 Å². The maximum Gasteiger partial charge on any atom is 0.181 e. The Bertz CT molecular complexity index is 1830. The first-order valence-electron chi connectivity index (χ1n) is 13.8. The number of fused-ring (bicyclic) bond motifs is 3. The van der Waals surface area contributed by atoms with Gasteiger partial charge in [-0.1, -0.05) is 135 Å². The van der Waals surface area contributed by atoms with Crippen LogP contribution in [0.2, 0.25) is 0 Å². The second-order valence-corrected chi connectivity index (χ2v) is 15.0. The molecular formula is C38H29NSSi. The summed E-state index contributed by atoms with van der Waals surface area (Å²) in [6.45, 7) is 7.98. The molecule has 7 rings (SSSR count). The molecule has 0 atom stereocenters. The van der Waals surface area contributed by atoms with Crippen LogP contribution in [0.3, 0.4) is 0 Å². The Labute approximate surface area is 247 Å². The Balaban J connectivity index is 1.52. The molecule has 196 valence electrons. The fraction of sp³-hybridized carbons (Fsp3) is 0. The number of benzene rings is 5. The van der Waals surface area contributed by atoms with E-state index in [-0.39, 0.29) is 0 Å². The summed E-state index contributed by atoms with van der Waals surface area (Å²) in [5.74, 6) is 0. The monoisotopic (exact) mass is 559 g/mol. The zero-order chi connectivity index (χ0) is 27.8. The van der Waals surface area contributed by atoms with Gasteiger partial charge in [0, 0.05) is 16.3 Å². The van der Waals surface area contributed by atoms with Crippen LogP contribution < -0.4 is 25.6 Å². The Morgan fingerprint density at radius 1 is 0.537 bits per heavy atom. The first kappa shape index (κ1) is 25.3. The van der Waals surface area contributed by atoms with Gasteiger partial charge in [0.15, 0.2) is 8.07 Å². The van der Waals surface area contributed by atoms with Crippen molar-refractivity contribution < 1.29 is 0 Å². The summed E-state index contributed by atoms with van der Waals surface area (Å²) in [5.41, 5.74) is 5.81. The molecule has 0 radical (unpaired) electrons. The zero-order valence-corrected chi connectivity index (χ0v) is 24.5. The van der Waals surface area contributed by atoms with Gasteiger partial charge in [0.25, 0.3) is 0 Å². The van der Waals surface area contributed by atoms with Crippen molar-refractivity contribution in [3.8, 4) is 10.4 Å². The van der Waals surface area contributed by atoms with E-state index in [1.807, 2.05) is 23.5 Å². The quantitative estimate of drug-likeness (QED) is 0.180. The molecule has 1 aliphatic rings. The largest absolute Gasteiger partial charge is 0.302 e. The van der Waals surface area contributed by atoms with Crippen LogP contribution in [0.25, 0.3) is 22.6 Å². The zero-order valence-electron chi connectivity index (χ0n) is 22.7. The average Bonchev–Trinajstić information content (AvgIpc) is 3.59. The van der Waals surface area contributed by atoms with Crippen LogP contribution in [-0.2, 0) is 0 Å². The van der Waals surface area contributed by atoms with Crippen molar-refractivity contribution in [2.45, 2.75) is 0 Å². The third-order valence-corrected chi connectivity index (χ3v) is 14.3. The van der Waals surface area contributed by atoms with Crippen LogP contribution in [-0.4, -0.2) is 8.07 Å². The highest BCUT2D eigenvalue weighted by atomic mass is 32.1. The van der Waals surface area contributed by atoms with Crippen molar-refractivity contribution in [2.24, 2.45) is 0 Å². The predicted molar refractivity (Wildman–Crippen MR) is 182 cm³/mol. The van der Waals surface area contributed by atoms with Crippen molar-refractivity contribution >= 4 is 68.7 Å². The van der Waals surface area contributed by atoms with Gasteiger partial charge in [-0.15, -0.1) is 11.3 Å². The molecule has 0 N–H and O–H groups in total. The van der Waals surface area contributed by atoms with Gasteiger partial charge in [-0.25, -0.2) is 0 Å². The normalized spacial score (nSPS) is 12.8. The number of hydrogen-bond donors (Lipinski definition) is 0. The molecule has 2 heterocycles. The van der Waals surface area contributed by atoms with Gasteiger partial charge < -0.3 is 4.90 Å². The summed E-state index contributed by atoms with van der Waals surface area (Å²) >= 11 is 1.89. The number of anilines is 3. The highest BCUT2D eigenvalue weighted by Crippen LogP contribution is 2.44. The van der Waals surface area contributed by atoms with Gasteiger partial charge in [0.2, 0.25) is 0 Å². The van der Waals surface area contributed by atoms with Crippen LogP contribution in [0.4, 0.5) is 16.4 Å². The van der Waals surface area contributed by atoms with Crippen LogP contribution in [0, 0.1) is 0 Å². The van der Waals surface area contributed by atoms with E-state index in [0.717, 1.165) is 22.5 Å². The lowest BCUT2D eigenvalue weighted by molar-refractivity contribution is 1.31. The third kappa shape index (κ3) is 4.05. The summed E-state index contributed by atoms with van der Waals surface area (Å²) in [5, 5.41) is 6.97. The fourth-order valence-corrected chi connectivity index (χ4v) is 13.2. The van der Waals surface area contributed by atoms with Crippen LogP contribution in [0.1, 0.15) is 11.1 Å². The van der Waals surface area contributed by atoms with Crippen molar-refractivity contribution in [2.75, 3.05) is 4.90 Å². The molecule has 0 bridgehead atoms. The van der Waals surface area contributed by atoms with E-state index < -0.39 is 8.07 Å². The van der Waals surface area contributed by atoms with Gasteiger partial charge in [-0.3, -0.25) is 0 Å². The molecule has 5 aromatic carbocycles. The molecule has 1 aromatic heterocycles. The predicted octanol–water partition coefficient (Wildman–Crippen LogP) is 7.86. The second kappa shape index (κ2) is 10.4. The van der Waals surface area contributed by atoms with Crippen molar-refractivity contribution in [1.82, 2.24) is 0 Å². The van der Waals surface area contributed by atoms with Crippen LogP contribution >= 0.6 is 11.3 Å². The van der Waals surface area contributed by atoms with E-state index in [4.69, 9.17) is 0 Å². The van der Waals surface area contributed by atoms with Gasteiger partial charge in [0.1, 0.15) is 5.00 Å². The molecule has 1 nitrogen and oxygen atoms in total. The molecule has 0 amide bonds. The minimum atomic E-state index is -2.53. The van der Waals surface area contributed by atoms with Crippen LogP contribution in [0.5, 0.6) is 0 Å². The molecule has 0 saturated carbocycles. The minimum absolute atomic E-state index is 1.10. The summed E-state index contributed by atoms with van der Waals surface area (Å²) in [4.78, 5) is 3.77. The molecule has 3 heteroatoms. The van der Waals surface area contributed by atoms with E-state index >= 15 is 0 Å². The molecular weight excluding hydrogens is 531 g/mol.